The minimum atomic E-state index is 0.762. The Hall–Kier alpha value is -1.44. The number of aromatic nitrogens is 1. The fraction of sp³-hybridized carbons (Fsp3) is 0.200. The Morgan fingerprint density at radius 2 is 2.50 bits per heavy atom. The van der Waals surface area contributed by atoms with Crippen molar-refractivity contribution >= 4 is 5.71 Å². The second-order valence-electron chi connectivity index (χ2n) is 2.28. The molecule has 1 rings (SSSR count). The van der Waals surface area contributed by atoms with Crippen LogP contribution >= 0.6 is 0 Å². The summed E-state index contributed by atoms with van der Waals surface area (Å²) in [7, 11) is 0. The van der Waals surface area contributed by atoms with E-state index in [9.17, 15) is 0 Å². The van der Waals surface area contributed by atoms with Gasteiger partial charge in [-0.3, -0.25) is 9.98 Å². The lowest BCUT2D eigenvalue weighted by atomic mass is 10.2. The van der Waals surface area contributed by atoms with Crippen molar-refractivity contribution in [1.29, 1.82) is 0 Å². The average Bonchev–Trinajstić information content (AvgIpc) is 2.15. The molecule has 1 aromatic rings. The van der Waals surface area contributed by atoms with Crippen LogP contribution < -0.4 is 0 Å². The van der Waals surface area contributed by atoms with Gasteiger partial charge in [0.2, 0.25) is 0 Å². The van der Waals surface area contributed by atoms with E-state index in [1.807, 2.05) is 25.1 Å². The number of hydrogen-bond donors (Lipinski definition) is 0. The van der Waals surface area contributed by atoms with Gasteiger partial charge in [-0.05, 0) is 25.1 Å². The van der Waals surface area contributed by atoms with Crippen molar-refractivity contribution < 1.29 is 0 Å². The number of rotatable bonds is 3. The van der Waals surface area contributed by atoms with Gasteiger partial charge >= 0.3 is 0 Å². The maximum atomic E-state index is 4.25. The predicted molar refractivity (Wildman–Crippen MR) is 51.5 cm³/mol. The summed E-state index contributed by atoms with van der Waals surface area (Å²) in [6.45, 7) is 6.44. The van der Waals surface area contributed by atoms with Gasteiger partial charge in [0.25, 0.3) is 0 Å². The molecule has 0 amide bonds. The smallest absolute Gasteiger partial charge is 0.0881 e. The highest BCUT2D eigenvalue weighted by Crippen LogP contribution is 1.97. The molecule has 0 aliphatic carbocycles. The molecule has 1 aromatic heterocycles. The van der Waals surface area contributed by atoms with Gasteiger partial charge in [0, 0.05) is 12.7 Å². The first-order valence-electron chi connectivity index (χ1n) is 3.96. The number of pyridine rings is 1. The molecule has 0 saturated heterocycles. The molecule has 0 bridgehead atoms. The molecule has 0 fully saturated rings. The normalized spacial score (nSPS) is 11.2. The maximum Gasteiger partial charge on any atom is 0.0881 e. The largest absolute Gasteiger partial charge is 0.283 e. The van der Waals surface area contributed by atoms with Crippen LogP contribution in [0, 0.1) is 0 Å². The third-order valence-electron chi connectivity index (χ3n) is 1.45. The van der Waals surface area contributed by atoms with Crippen molar-refractivity contribution in [1.82, 2.24) is 4.98 Å². The number of hydrogen-bond acceptors (Lipinski definition) is 2. The van der Waals surface area contributed by atoms with Gasteiger partial charge in [0.15, 0.2) is 0 Å². The zero-order valence-electron chi connectivity index (χ0n) is 7.20. The summed E-state index contributed by atoms with van der Waals surface area (Å²) in [6, 6.07) is 5.75. The van der Waals surface area contributed by atoms with Crippen molar-refractivity contribution in [2.24, 2.45) is 4.99 Å². The third kappa shape index (κ3) is 2.02. The van der Waals surface area contributed by atoms with Crippen LogP contribution in [-0.2, 0) is 0 Å². The van der Waals surface area contributed by atoms with Crippen LogP contribution in [0.5, 0.6) is 0 Å². The number of aliphatic imine (C=N–C) groups is 1. The average molecular weight is 160 g/mol. The Morgan fingerprint density at radius 1 is 1.67 bits per heavy atom. The van der Waals surface area contributed by atoms with Crippen molar-refractivity contribution in [2.75, 3.05) is 6.54 Å². The Labute approximate surface area is 72.7 Å². The predicted octanol–water partition coefficient (Wildman–Crippen LogP) is 2.08. The third-order valence-corrected chi connectivity index (χ3v) is 1.45. The van der Waals surface area contributed by atoms with Crippen LogP contribution in [0.4, 0.5) is 0 Å². The van der Waals surface area contributed by atoms with E-state index in [4.69, 9.17) is 0 Å². The summed E-state index contributed by atoms with van der Waals surface area (Å²) in [5, 5.41) is 0. The van der Waals surface area contributed by atoms with Crippen molar-refractivity contribution in [3.8, 4) is 0 Å². The molecule has 0 aliphatic heterocycles. The fourth-order valence-corrected chi connectivity index (χ4v) is 0.935. The van der Waals surface area contributed by atoms with E-state index in [1.165, 1.54) is 0 Å². The molecule has 0 N–H and O–H groups in total. The molecule has 0 spiro atoms. The minimum Gasteiger partial charge on any atom is -0.283 e. The molecular formula is C10H12N2. The second-order valence-corrected chi connectivity index (χ2v) is 2.28. The quantitative estimate of drug-likeness (QED) is 0.621. The van der Waals surface area contributed by atoms with Crippen LogP contribution in [0.1, 0.15) is 12.6 Å². The molecule has 12 heavy (non-hydrogen) atoms. The zero-order valence-corrected chi connectivity index (χ0v) is 7.20. The van der Waals surface area contributed by atoms with Crippen LogP contribution in [0.2, 0.25) is 0 Å². The highest BCUT2D eigenvalue weighted by molar-refractivity contribution is 6.06. The van der Waals surface area contributed by atoms with E-state index in [0.29, 0.717) is 0 Å². The van der Waals surface area contributed by atoms with Gasteiger partial charge in [-0.25, -0.2) is 0 Å². The van der Waals surface area contributed by atoms with Crippen molar-refractivity contribution in [3.05, 3.63) is 42.7 Å². The van der Waals surface area contributed by atoms with Crippen molar-refractivity contribution in [3.63, 3.8) is 0 Å². The van der Waals surface area contributed by atoms with Gasteiger partial charge in [-0.15, -0.1) is 0 Å². The van der Waals surface area contributed by atoms with E-state index in [1.54, 1.807) is 12.3 Å². The lowest BCUT2D eigenvalue weighted by Gasteiger charge is -1.97. The lowest BCUT2D eigenvalue weighted by molar-refractivity contribution is 1.12. The second kappa shape index (κ2) is 4.44. The Bertz CT molecular complexity index is 275. The summed E-state index contributed by atoms with van der Waals surface area (Å²) >= 11 is 0. The number of nitrogens with zero attached hydrogens (tertiary/aromatic N) is 2. The highest BCUT2D eigenvalue weighted by Gasteiger charge is 1.96. The highest BCUT2D eigenvalue weighted by atomic mass is 14.8. The summed E-state index contributed by atoms with van der Waals surface area (Å²) < 4.78 is 0. The van der Waals surface area contributed by atoms with Gasteiger partial charge in [0.1, 0.15) is 0 Å². The van der Waals surface area contributed by atoms with E-state index in [0.717, 1.165) is 18.0 Å². The summed E-state index contributed by atoms with van der Waals surface area (Å²) in [6.07, 6.45) is 3.48. The molecule has 0 aromatic carbocycles. The lowest BCUT2D eigenvalue weighted by Crippen LogP contribution is -1.99. The summed E-state index contributed by atoms with van der Waals surface area (Å²) in [5.41, 5.74) is 1.74. The minimum absolute atomic E-state index is 0.762. The van der Waals surface area contributed by atoms with E-state index < -0.39 is 0 Å². The zero-order chi connectivity index (χ0) is 8.81. The van der Waals surface area contributed by atoms with Gasteiger partial charge < -0.3 is 0 Å². The SMILES string of the molecule is C=CC(=NCC)c1ccccn1. The van der Waals surface area contributed by atoms with Gasteiger partial charge in [0.05, 0.1) is 11.4 Å². The first-order chi connectivity index (χ1) is 5.88. The Morgan fingerprint density at radius 3 is 3.00 bits per heavy atom. The van der Waals surface area contributed by atoms with E-state index in [2.05, 4.69) is 16.6 Å². The summed E-state index contributed by atoms with van der Waals surface area (Å²) in [4.78, 5) is 8.42. The van der Waals surface area contributed by atoms with Gasteiger partial charge in [-0.2, -0.15) is 0 Å². The van der Waals surface area contributed by atoms with Gasteiger partial charge in [-0.1, -0.05) is 12.6 Å². The molecule has 2 heteroatoms. The molecule has 0 atom stereocenters. The van der Waals surface area contributed by atoms with Crippen LogP contribution in [0.15, 0.2) is 42.0 Å². The summed E-state index contributed by atoms with van der Waals surface area (Å²) in [5.74, 6) is 0. The first-order valence-corrected chi connectivity index (χ1v) is 3.96. The van der Waals surface area contributed by atoms with Crippen LogP contribution in [0.3, 0.4) is 0 Å². The molecule has 0 saturated carbocycles. The van der Waals surface area contributed by atoms with E-state index in [-0.39, 0.29) is 0 Å². The fourth-order valence-electron chi connectivity index (χ4n) is 0.935. The molecule has 2 nitrogen and oxygen atoms in total. The first kappa shape index (κ1) is 8.65. The molecule has 0 aliphatic rings. The maximum absolute atomic E-state index is 4.25. The van der Waals surface area contributed by atoms with Crippen molar-refractivity contribution in [2.45, 2.75) is 6.92 Å². The monoisotopic (exact) mass is 160 g/mol. The van der Waals surface area contributed by atoms with E-state index >= 15 is 0 Å². The molecule has 62 valence electrons. The molecular weight excluding hydrogens is 148 g/mol. The Balaban J connectivity index is 2.96. The van der Waals surface area contributed by atoms with Crippen LogP contribution in [-0.4, -0.2) is 17.2 Å². The Kier molecular flexibility index (Phi) is 3.20. The standard InChI is InChI=1S/C10H12N2/c1-3-9(11-4-2)10-7-5-6-8-12-10/h3,5-8H,1,4H2,2H3. The topological polar surface area (TPSA) is 25.2 Å². The molecule has 1 heterocycles. The molecule has 0 unspecified atom stereocenters. The molecule has 0 radical (unpaired) electrons. The number of allylic oxidation sites excluding steroid dienone is 1. The van der Waals surface area contributed by atoms with Crippen LogP contribution in [0.25, 0.3) is 0 Å².